The molecule has 0 aliphatic heterocycles. The maximum Gasteiger partial charge on any atom is 0.263 e. The van der Waals surface area contributed by atoms with E-state index in [1.807, 2.05) is 38.1 Å². The highest BCUT2D eigenvalue weighted by Gasteiger charge is 2.17. The lowest BCUT2D eigenvalue weighted by Crippen LogP contribution is -2.24. The zero-order valence-corrected chi connectivity index (χ0v) is 18.9. The summed E-state index contributed by atoms with van der Waals surface area (Å²) in [5.41, 5.74) is 2.96. The minimum Gasteiger partial charge on any atom is -0.282 e. The van der Waals surface area contributed by atoms with Crippen LogP contribution in [0.15, 0.2) is 52.7 Å². The lowest BCUT2D eigenvalue weighted by atomic mass is 10.2. The average molecular weight is 462 g/mol. The molecule has 0 bridgehead atoms. The largest absolute Gasteiger partial charge is 0.282 e. The van der Waals surface area contributed by atoms with Gasteiger partial charge in [-0.1, -0.05) is 47.1 Å². The van der Waals surface area contributed by atoms with Crippen LogP contribution in [0, 0.1) is 13.8 Å². The van der Waals surface area contributed by atoms with Crippen molar-refractivity contribution in [1.82, 2.24) is 14.5 Å². The Hall–Kier alpha value is -1.86. The van der Waals surface area contributed by atoms with E-state index in [1.165, 1.54) is 11.8 Å². The summed E-state index contributed by atoms with van der Waals surface area (Å²) in [5, 5.41) is 2.43. The Morgan fingerprint density at radius 2 is 1.97 bits per heavy atom. The Balaban J connectivity index is 1.77. The van der Waals surface area contributed by atoms with Crippen molar-refractivity contribution in [2.45, 2.75) is 31.3 Å². The zero-order chi connectivity index (χ0) is 20.5. The number of benzene rings is 1. The summed E-state index contributed by atoms with van der Waals surface area (Å²) in [4.78, 5) is 24.3. The number of rotatable bonds is 5. The molecule has 0 saturated heterocycles. The molecule has 8 heteroatoms. The van der Waals surface area contributed by atoms with Gasteiger partial charge in [0.05, 0.1) is 22.0 Å². The van der Waals surface area contributed by atoms with Crippen molar-refractivity contribution in [1.29, 1.82) is 0 Å². The molecule has 0 amide bonds. The van der Waals surface area contributed by atoms with E-state index < -0.39 is 0 Å². The quantitative estimate of drug-likeness (QED) is 0.265. The highest BCUT2D eigenvalue weighted by molar-refractivity contribution is 7.98. The van der Waals surface area contributed by atoms with Gasteiger partial charge in [-0.05, 0) is 48.7 Å². The van der Waals surface area contributed by atoms with E-state index in [-0.39, 0.29) is 5.56 Å². The van der Waals surface area contributed by atoms with Crippen LogP contribution in [0.4, 0.5) is 0 Å². The van der Waals surface area contributed by atoms with Crippen LogP contribution in [0.5, 0.6) is 0 Å². The third-order valence-electron chi connectivity index (χ3n) is 4.67. The number of thiophene rings is 1. The predicted octanol–water partition coefficient (Wildman–Crippen LogP) is 6.12. The van der Waals surface area contributed by atoms with Crippen LogP contribution in [0.25, 0.3) is 10.2 Å². The third kappa shape index (κ3) is 4.21. The van der Waals surface area contributed by atoms with Crippen LogP contribution in [-0.2, 0) is 12.3 Å². The molecule has 4 rings (SSSR count). The van der Waals surface area contributed by atoms with Gasteiger partial charge in [0, 0.05) is 23.0 Å². The third-order valence-corrected chi connectivity index (χ3v) is 7.56. The maximum absolute atomic E-state index is 13.4. The maximum atomic E-state index is 13.4. The number of aryl methyl sites for hydroxylation is 2. The van der Waals surface area contributed by atoms with Crippen molar-refractivity contribution in [3.63, 3.8) is 0 Å². The molecular weight excluding hydrogens is 445 g/mol. The molecule has 0 spiro atoms. The number of nitrogens with zero attached hydrogens (tertiary/aromatic N) is 3. The van der Waals surface area contributed by atoms with Gasteiger partial charge in [-0.25, -0.2) is 4.98 Å². The SMILES string of the molecule is Cc1sc2nc(SCc3ccc(Cl)c(Cl)c3)n(Cc3cccnc3)c(=O)c2c1C. The fourth-order valence-electron chi connectivity index (χ4n) is 3.01. The zero-order valence-electron chi connectivity index (χ0n) is 15.8. The van der Waals surface area contributed by atoms with Gasteiger partial charge in [0.2, 0.25) is 0 Å². The average Bonchev–Trinajstić information content (AvgIpc) is 3.00. The Morgan fingerprint density at radius 1 is 1.14 bits per heavy atom. The van der Waals surface area contributed by atoms with Crippen molar-refractivity contribution in [2.24, 2.45) is 0 Å². The van der Waals surface area contributed by atoms with E-state index in [9.17, 15) is 4.79 Å². The number of halogens is 2. The van der Waals surface area contributed by atoms with Gasteiger partial charge in [0.15, 0.2) is 5.16 Å². The highest BCUT2D eigenvalue weighted by atomic mass is 35.5. The number of pyridine rings is 1. The first-order valence-electron chi connectivity index (χ1n) is 8.90. The van der Waals surface area contributed by atoms with Crippen LogP contribution < -0.4 is 5.56 Å². The van der Waals surface area contributed by atoms with Crippen LogP contribution in [-0.4, -0.2) is 14.5 Å². The Kier molecular flexibility index (Phi) is 5.97. The van der Waals surface area contributed by atoms with Crippen LogP contribution in [0.3, 0.4) is 0 Å². The molecule has 0 N–H and O–H groups in total. The van der Waals surface area contributed by atoms with Gasteiger partial charge < -0.3 is 0 Å². The molecule has 0 unspecified atom stereocenters. The van der Waals surface area contributed by atoms with Crippen LogP contribution >= 0.6 is 46.3 Å². The second kappa shape index (κ2) is 8.48. The fraction of sp³-hybridized carbons (Fsp3) is 0.190. The summed E-state index contributed by atoms with van der Waals surface area (Å²) in [6.45, 7) is 4.43. The molecule has 0 aliphatic rings. The summed E-state index contributed by atoms with van der Waals surface area (Å²) in [6.07, 6.45) is 3.50. The van der Waals surface area contributed by atoms with Crippen molar-refractivity contribution >= 4 is 56.5 Å². The molecule has 3 heterocycles. The summed E-state index contributed by atoms with van der Waals surface area (Å²) in [5.74, 6) is 0.630. The summed E-state index contributed by atoms with van der Waals surface area (Å²) >= 11 is 15.2. The first kappa shape index (κ1) is 20.4. The normalized spacial score (nSPS) is 11.3. The highest BCUT2D eigenvalue weighted by Crippen LogP contribution is 2.31. The van der Waals surface area contributed by atoms with Crippen LogP contribution in [0.1, 0.15) is 21.6 Å². The van der Waals surface area contributed by atoms with Crippen molar-refractivity contribution in [3.8, 4) is 0 Å². The first-order chi connectivity index (χ1) is 13.9. The second-order valence-electron chi connectivity index (χ2n) is 6.65. The number of hydrogen-bond acceptors (Lipinski definition) is 5. The molecule has 29 heavy (non-hydrogen) atoms. The molecule has 4 aromatic rings. The minimum atomic E-state index is -0.0164. The van der Waals surface area contributed by atoms with Gasteiger partial charge in [-0.2, -0.15) is 0 Å². The Bertz CT molecular complexity index is 1250. The van der Waals surface area contributed by atoms with E-state index >= 15 is 0 Å². The molecule has 4 nitrogen and oxygen atoms in total. The smallest absolute Gasteiger partial charge is 0.263 e. The first-order valence-corrected chi connectivity index (χ1v) is 11.5. The van der Waals surface area contributed by atoms with E-state index in [2.05, 4.69) is 4.98 Å². The number of thioether (sulfide) groups is 1. The Morgan fingerprint density at radius 3 is 2.69 bits per heavy atom. The number of aromatic nitrogens is 3. The van der Waals surface area contributed by atoms with Crippen molar-refractivity contribution < 1.29 is 0 Å². The molecule has 0 aliphatic carbocycles. The lowest BCUT2D eigenvalue weighted by Gasteiger charge is -2.12. The fourth-order valence-corrected chi connectivity index (χ4v) is 5.34. The second-order valence-corrected chi connectivity index (χ2v) is 9.61. The molecule has 3 aromatic heterocycles. The monoisotopic (exact) mass is 461 g/mol. The van der Waals surface area contributed by atoms with Gasteiger partial charge >= 0.3 is 0 Å². The molecular formula is C21H17Cl2N3OS2. The topological polar surface area (TPSA) is 47.8 Å². The predicted molar refractivity (Wildman–Crippen MR) is 123 cm³/mol. The van der Waals surface area contributed by atoms with E-state index in [0.29, 0.717) is 32.9 Å². The summed E-state index contributed by atoms with van der Waals surface area (Å²) < 4.78 is 1.74. The molecule has 0 radical (unpaired) electrons. The number of hydrogen-bond donors (Lipinski definition) is 0. The van der Waals surface area contributed by atoms with Gasteiger partial charge in [0.1, 0.15) is 4.83 Å². The lowest BCUT2D eigenvalue weighted by molar-refractivity contribution is 0.657. The van der Waals surface area contributed by atoms with Gasteiger partial charge in [0.25, 0.3) is 5.56 Å². The molecule has 0 fully saturated rings. The summed E-state index contributed by atoms with van der Waals surface area (Å²) in [6, 6.07) is 9.39. The molecule has 1 aromatic carbocycles. The van der Waals surface area contributed by atoms with Crippen molar-refractivity contribution in [3.05, 3.63) is 84.7 Å². The van der Waals surface area contributed by atoms with Crippen LogP contribution in [0.2, 0.25) is 10.0 Å². The summed E-state index contributed by atoms with van der Waals surface area (Å²) in [7, 11) is 0. The number of fused-ring (bicyclic) bond motifs is 1. The van der Waals surface area contributed by atoms with E-state index in [1.54, 1.807) is 34.4 Å². The minimum absolute atomic E-state index is 0.0164. The molecule has 0 atom stereocenters. The van der Waals surface area contributed by atoms with E-state index in [0.717, 1.165) is 26.4 Å². The molecule has 148 valence electrons. The van der Waals surface area contributed by atoms with Gasteiger partial charge in [-0.15, -0.1) is 11.3 Å². The molecule has 0 saturated carbocycles. The van der Waals surface area contributed by atoms with Crippen molar-refractivity contribution in [2.75, 3.05) is 0 Å². The standard InChI is InChI=1S/C21H17Cl2N3OS2/c1-12-13(2)29-19-18(12)20(27)26(10-15-4-3-7-24-9-15)21(25-19)28-11-14-5-6-16(22)17(23)8-14/h3-9H,10-11H2,1-2H3. The Labute approximate surface area is 186 Å². The van der Waals surface area contributed by atoms with E-state index in [4.69, 9.17) is 28.2 Å². The van der Waals surface area contributed by atoms with Gasteiger partial charge in [-0.3, -0.25) is 14.3 Å².